The maximum Gasteiger partial charge on any atom is 0.0510 e. The van der Waals surface area contributed by atoms with Crippen molar-refractivity contribution in [3.05, 3.63) is 35.5 Å². The van der Waals surface area contributed by atoms with Crippen LogP contribution in [0.4, 0.5) is 0 Å². The van der Waals surface area contributed by atoms with Crippen molar-refractivity contribution in [2.24, 2.45) is 7.05 Å². The molecule has 0 spiro atoms. The lowest BCUT2D eigenvalue weighted by molar-refractivity contribution is 0.685. The highest BCUT2D eigenvalue weighted by molar-refractivity contribution is 5.84. The lowest BCUT2D eigenvalue weighted by Gasteiger charge is -2.05. The van der Waals surface area contributed by atoms with Gasteiger partial charge in [-0.2, -0.15) is 0 Å². The summed E-state index contributed by atoms with van der Waals surface area (Å²) in [5.74, 6) is 0. The average Bonchev–Trinajstić information content (AvgIpc) is 2.54. The van der Waals surface area contributed by atoms with Crippen molar-refractivity contribution in [2.75, 3.05) is 6.54 Å². The summed E-state index contributed by atoms with van der Waals surface area (Å²) in [5, 5.41) is 4.70. The molecule has 1 N–H and O–H groups in total. The Morgan fingerprint density at radius 3 is 2.80 bits per heavy atom. The molecule has 0 fully saturated rings. The molecular weight excluding hydrogens is 184 g/mol. The number of rotatable bonds is 3. The van der Waals surface area contributed by atoms with Gasteiger partial charge in [-0.05, 0) is 25.1 Å². The molecule has 1 aromatic heterocycles. The SMILES string of the molecule is CCNCc1cc2cccc(C)c2n1C. The summed E-state index contributed by atoms with van der Waals surface area (Å²) in [6.45, 7) is 6.26. The number of aromatic nitrogens is 1. The van der Waals surface area contributed by atoms with Gasteiger partial charge in [0.2, 0.25) is 0 Å². The topological polar surface area (TPSA) is 17.0 Å². The molecule has 2 nitrogen and oxygen atoms in total. The maximum absolute atomic E-state index is 3.36. The van der Waals surface area contributed by atoms with Gasteiger partial charge in [0.15, 0.2) is 0 Å². The van der Waals surface area contributed by atoms with E-state index in [9.17, 15) is 0 Å². The van der Waals surface area contributed by atoms with Crippen LogP contribution in [0, 0.1) is 6.92 Å². The predicted molar refractivity (Wildman–Crippen MR) is 65.0 cm³/mol. The van der Waals surface area contributed by atoms with E-state index in [1.807, 2.05) is 0 Å². The Morgan fingerprint density at radius 2 is 2.13 bits per heavy atom. The van der Waals surface area contributed by atoms with E-state index < -0.39 is 0 Å². The van der Waals surface area contributed by atoms with E-state index in [0.717, 1.165) is 13.1 Å². The zero-order valence-corrected chi connectivity index (χ0v) is 9.67. The quantitative estimate of drug-likeness (QED) is 0.809. The minimum Gasteiger partial charge on any atom is -0.346 e. The molecule has 0 atom stereocenters. The number of hydrogen-bond acceptors (Lipinski definition) is 1. The van der Waals surface area contributed by atoms with Gasteiger partial charge < -0.3 is 9.88 Å². The van der Waals surface area contributed by atoms with E-state index >= 15 is 0 Å². The fraction of sp³-hybridized carbons (Fsp3) is 0.385. The summed E-state index contributed by atoms with van der Waals surface area (Å²) in [5.41, 5.74) is 4.05. The normalized spacial score (nSPS) is 11.1. The predicted octanol–water partition coefficient (Wildman–Crippen LogP) is 2.60. The van der Waals surface area contributed by atoms with Crippen LogP contribution in [0.3, 0.4) is 0 Å². The van der Waals surface area contributed by atoms with Crippen LogP contribution in [0.15, 0.2) is 24.3 Å². The van der Waals surface area contributed by atoms with E-state index in [-0.39, 0.29) is 0 Å². The first kappa shape index (κ1) is 10.2. The summed E-state index contributed by atoms with van der Waals surface area (Å²) in [4.78, 5) is 0. The molecule has 2 rings (SSSR count). The van der Waals surface area contributed by atoms with Crippen LogP contribution in [-0.4, -0.2) is 11.1 Å². The molecule has 0 bridgehead atoms. The molecule has 80 valence electrons. The molecule has 0 unspecified atom stereocenters. The molecule has 1 aromatic carbocycles. The molecule has 0 aliphatic rings. The minimum absolute atomic E-state index is 0.946. The first-order valence-corrected chi connectivity index (χ1v) is 5.48. The number of aryl methyl sites for hydroxylation is 2. The second kappa shape index (κ2) is 4.07. The van der Waals surface area contributed by atoms with E-state index in [1.165, 1.54) is 22.2 Å². The van der Waals surface area contributed by atoms with Gasteiger partial charge in [-0.15, -0.1) is 0 Å². The Labute approximate surface area is 90.9 Å². The molecule has 0 saturated heterocycles. The highest BCUT2D eigenvalue weighted by atomic mass is 15.0. The standard InChI is InChI=1S/C13H18N2/c1-4-14-9-12-8-11-7-5-6-10(2)13(11)15(12)3/h5-8,14H,4,9H2,1-3H3. The minimum atomic E-state index is 0.946. The molecule has 0 aliphatic heterocycles. The zero-order chi connectivity index (χ0) is 10.8. The highest BCUT2D eigenvalue weighted by Crippen LogP contribution is 2.21. The number of fused-ring (bicyclic) bond motifs is 1. The van der Waals surface area contributed by atoms with Crippen molar-refractivity contribution in [1.29, 1.82) is 0 Å². The smallest absolute Gasteiger partial charge is 0.0510 e. The van der Waals surface area contributed by atoms with Crippen LogP contribution in [-0.2, 0) is 13.6 Å². The number of nitrogens with one attached hydrogen (secondary N) is 1. The Balaban J connectivity index is 2.50. The van der Waals surface area contributed by atoms with E-state index in [2.05, 4.69) is 55.0 Å². The lowest BCUT2D eigenvalue weighted by Crippen LogP contribution is -2.14. The average molecular weight is 202 g/mol. The van der Waals surface area contributed by atoms with Crippen molar-refractivity contribution in [1.82, 2.24) is 9.88 Å². The van der Waals surface area contributed by atoms with Gasteiger partial charge >= 0.3 is 0 Å². The summed E-state index contributed by atoms with van der Waals surface area (Å²) < 4.78 is 2.29. The Kier molecular flexibility index (Phi) is 2.78. The molecule has 15 heavy (non-hydrogen) atoms. The van der Waals surface area contributed by atoms with E-state index in [1.54, 1.807) is 0 Å². The van der Waals surface area contributed by atoms with Gasteiger partial charge in [-0.3, -0.25) is 0 Å². The fourth-order valence-corrected chi connectivity index (χ4v) is 2.10. The van der Waals surface area contributed by atoms with Crippen LogP contribution in [0.25, 0.3) is 10.9 Å². The summed E-state index contributed by atoms with van der Waals surface area (Å²) in [7, 11) is 2.14. The van der Waals surface area contributed by atoms with Gasteiger partial charge in [-0.25, -0.2) is 0 Å². The van der Waals surface area contributed by atoms with Crippen molar-refractivity contribution in [3.63, 3.8) is 0 Å². The van der Waals surface area contributed by atoms with Crippen LogP contribution in [0.5, 0.6) is 0 Å². The number of nitrogens with zero attached hydrogens (tertiary/aromatic N) is 1. The lowest BCUT2D eigenvalue weighted by atomic mass is 10.2. The zero-order valence-electron chi connectivity index (χ0n) is 9.67. The van der Waals surface area contributed by atoms with Gasteiger partial charge in [0.1, 0.15) is 0 Å². The first-order valence-electron chi connectivity index (χ1n) is 5.48. The third kappa shape index (κ3) is 1.77. The van der Waals surface area contributed by atoms with Crippen LogP contribution in [0.2, 0.25) is 0 Å². The third-order valence-electron chi connectivity index (χ3n) is 2.91. The van der Waals surface area contributed by atoms with Crippen molar-refractivity contribution < 1.29 is 0 Å². The van der Waals surface area contributed by atoms with Crippen molar-refractivity contribution in [2.45, 2.75) is 20.4 Å². The fourth-order valence-electron chi connectivity index (χ4n) is 2.10. The van der Waals surface area contributed by atoms with Gasteiger partial charge in [0.05, 0.1) is 5.52 Å². The molecule has 0 saturated carbocycles. The molecule has 0 radical (unpaired) electrons. The Hall–Kier alpha value is -1.28. The van der Waals surface area contributed by atoms with Crippen LogP contribution >= 0.6 is 0 Å². The summed E-state index contributed by atoms with van der Waals surface area (Å²) in [6, 6.07) is 8.73. The van der Waals surface area contributed by atoms with Crippen LogP contribution in [0.1, 0.15) is 18.2 Å². The second-order valence-corrected chi connectivity index (χ2v) is 3.99. The highest BCUT2D eigenvalue weighted by Gasteiger charge is 2.06. The van der Waals surface area contributed by atoms with Crippen LogP contribution < -0.4 is 5.32 Å². The molecular formula is C13H18N2. The molecule has 1 heterocycles. The summed E-state index contributed by atoms with van der Waals surface area (Å²) >= 11 is 0. The van der Waals surface area contributed by atoms with Crippen molar-refractivity contribution >= 4 is 10.9 Å². The first-order chi connectivity index (χ1) is 7.24. The number of benzene rings is 1. The third-order valence-corrected chi connectivity index (χ3v) is 2.91. The van der Waals surface area contributed by atoms with Gasteiger partial charge in [0, 0.05) is 24.7 Å². The van der Waals surface area contributed by atoms with Gasteiger partial charge in [0.25, 0.3) is 0 Å². The Bertz CT molecular complexity index is 469. The monoisotopic (exact) mass is 202 g/mol. The number of para-hydroxylation sites is 1. The second-order valence-electron chi connectivity index (χ2n) is 3.99. The molecule has 2 aromatic rings. The maximum atomic E-state index is 3.36. The number of hydrogen-bond donors (Lipinski definition) is 1. The largest absolute Gasteiger partial charge is 0.346 e. The van der Waals surface area contributed by atoms with Gasteiger partial charge in [-0.1, -0.05) is 25.1 Å². The molecule has 0 amide bonds. The van der Waals surface area contributed by atoms with E-state index in [4.69, 9.17) is 0 Å². The molecule has 0 aliphatic carbocycles. The van der Waals surface area contributed by atoms with E-state index in [0.29, 0.717) is 0 Å². The Morgan fingerprint density at radius 1 is 1.33 bits per heavy atom. The van der Waals surface area contributed by atoms with Crippen molar-refractivity contribution in [3.8, 4) is 0 Å². The molecule has 2 heteroatoms. The summed E-state index contributed by atoms with van der Waals surface area (Å²) in [6.07, 6.45) is 0.